The molecule has 0 atom stereocenters. The molecule has 5 heterocycles. The van der Waals surface area contributed by atoms with Crippen LogP contribution in [0.15, 0.2) is 124 Å². The van der Waals surface area contributed by atoms with E-state index in [0.29, 0.717) is 27.9 Å². The van der Waals surface area contributed by atoms with Crippen LogP contribution in [0.1, 0.15) is 79.5 Å². The average molecular weight is 1050 g/mol. The molecule has 0 saturated heterocycles. The molecule has 5 aromatic heterocycles. The predicted molar refractivity (Wildman–Crippen MR) is 247 cm³/mol. The number of furan rings is 2. The molecule has 1 radical (unpaired) electrons. The largest absolute Gasteiger partial charge is 0.486 e. The number of fused-ring (bicyclic) bond motifs is 6. The molecule has 0 unspecified atom stereocenters. The third-order valence-corrected chi connectivity index (χ3v) is 15.1. The van der Waals surface area contributed by atoms with E-state index in [9.17, 15) is 4.39 Å². The number of hydrogen-bond donors (Lipinski definition) is 0. The fourth-order valence-electron chi connectivity index (χ4n) is 8.01. The van der Waals surface area contributed by atoms with Crippen molar-refractivity contribution in [3.05, 3.63) is 145 Å². The first-order valence-electron chi connectivity index (χ1n) is 24.0. The van der Waals surface area contributed by atoms with Crippen molar-refractivity contribution in [1.29, 1.82) is 0 Å². The molecule has 8 heteroatoms. The van der Waals surface area contributed by atoms with Crippen LogP contribution in [-0.4, -0.2) is 28.2 Å². The summed E-state index contributed by atoms with van der Waals surface area (Å²) in [6.07, 6.45) is 7.02. The summed E-state index contributed by atoms with van der Waals surface area (Å²) in [5.41, 5.74) is 6.34. The Morgan fingerprint density at radius 3 is 2.16 bits per heavy atom. The summed E-state index contributed by atoms with van der Waals surface area (Å²) >= 11 is -2.36. The van der Waals surface area contributed by atoms with E-state index < -0.39 is 60.9 Å². The summed E-state index contributed by atoms with van der Waals surface area (Å²) in [7, 11) is 0. The Bertz CT molecular complexity index is 3360. The molecule has 0 amide bonds. The van der Waals surface area contributed by atoms with Crippen LogP contribution < -0.4 is 4.40 Å². The molecule has 10 rings (SSSR count). The van der Waals surface area contributed by atoms with Crippen molar-refractivity contribution in [3.8, 4) is 33.8 Å². The van der Waals surface area contributed by atoms with Crippen molar-refractivity contribution in [2.75, 3.05) is 0 Å². The number of pyridine rings is 3. The Morgan fingerprint density at radius 2 is 1.46 bits per heavy atom. The van der Waals surface area contributed by atoms with Crippen molar-refractivity contribution >= 4 is 61.7 Å². The Kier molecular flexibility index (Phi) is 9.89. The number of para-hydroxylation sites is 1. The van der Waals surface area contributed by atoms with Gasteiger partial charge in [0.15, 0.2) is 0 Å². The van der Waals surface area contributed by atoms with Crippen LogP contribution in [-0.2, 0) is 26.5 Å². The van der Waals surface area contributed by atoms with E-state index in [2.05, 4.69) is 45.4 Å². The van der Waals surface area contributed by atoms with Gasteiger partial charge in [-0.15, -0.1) is 18.2 Å². The second-order valence-electron chi connectivity index (χ2n) is 17.5. The summed E-state index contributed by atoms with van der Waals surface area (Å²) < 4.78 is 86.4. The van der Waals surface area contributed by atoms with E-state index in [0.717, 1.165) is 80.5 Å². The van der Waals surface area contributed by atoms with Gasteiger partial charge in [0.05, 0.1) is 16.8 Å². The first-order valence-corrected chi connectivity index (χ1v) is 27.8. The van der Waals surface area contributed by atoms with Gasteiger partial charge in [0.2, 0.25) is 5.71 Å². The minimum atomic E-state index is -2.36. The number of benzene rings is 4. The van der Waals surface area contributed by atoms with E-state index in [1.54, 1.807) is 24.4 Å². The van der Waals surface area contributed by atoms with Crippen LogP contribution in [0.4, 0.5) is 4.39 Å². The smallest absolute Gasteiger partial charge is 0.216 e. The maximum atomic E-state index is 14.0. The Labute approximate surface area is 383 Å². The molecule has 1 aliphatic carbocycles. The van der Waals surface area contributed by atoms with Crippen molar-refractivity contribution in [2.45, 2.75) is 82.4 Å². The molecule has 1 saturated carbocycles. The van der Waals surface area contributed by atoms with Crippen LogP contribution >= 0.6 is 0 Å². The number of halogens is 1. The van der Waals surface area contributed by atoms with Gasteiger partial charge < -0.3 is 9.40 Å². The van der Waals surface area contributed by atoms with Gasteiger partial charge in [0.25, 0.3) is 0 Å². The second kappa shape index (κ2) is 17.4. The molecular formula is C53H50FGeIrN3O2-2. The standard InChI is InChI=1S/C28H22FN2O.C25H28GeNO.Ir/c29-21-11-9-19(10-12-21)25-14-13-23-22-7-4-8-24(27(22)32-28(23)31-25)26-17-20(15-16-30-26)18-5-2-1-3-6-18;1-25(2,3)15-17-14-22(27-16-21(17)26(4,5)6)20-12-9-11-19-18-10-7-8-13-23(18)28-24(19)20;/h4,7,9-18H,1-3,5-6H2;7-11,13-14,16H,15H2,1-6H3;/q2*-1;/i9D,10D,11D,12D,18D;15D2;. The Hall–Kier alpha value is -4.95. The average Bonchev–Trinajstić information content (AvgIpc) is 3.88. The molecule has 5 nitrogen and oxygen atoms in total. The monoisotopic (exact) mass is 1050 g/mol. The molecule has 0 N–H and O–H groups in total. The predicted octanol–water partition coefficient (Wildman–Crippen LogP) is 14.3. The maximum Gasteiger partial charge on any atom is 0.216 e. The number of nitrogens with zero attached hydrogens (tertiary/aromatic N) is 3. The summed E-state index contributed by atoms with van der Waals surface area (Å²) in [6.45, 7) is 5.87. The van der Waals surface area contributed by atoms with Crippen LogP contribution in [0.2, 0.25) is 17.3 Å². The topological polar surface area (TPSA) is 65.0 Å². The van der Waals surface area contributed by atoms with E-state index >= 15 is 0 Å². The van der Waals surface area contributed by atoms with E-state index in [-0.39, 0.29) is 37.1 Å². The van der Waals surface area contributed by atoms with Gasteiger partial charge >= 0.3 is 173 Å². The van der Waals surface area contributed by atoms with Gasteiger partial charge in [0, 0.05) is 38.6 Å². The van der Waals surface area contributed by atoms with Crippen molar-refractivity contribution < 1.29 is 42.9 Å². The zero-order valence-electron chi connectivity index (χ0n) is 42.1. The van der Waals surface area contributed by atoms with Gasteiger partial charge in [0.1, 0.15) is 5.82 Å². The molecule has 0 spiro atoms. The van der Waals surface area contributed by atoms with Crippen LogP contribution in [0.5, 0.6) is 0 Å². The van der Waals surface area contributed by atoms with Gasteiger partial charge in [-0.1, -0.05) is 41.8 Å². The normalized spacial score (nSPS) is 16.1. The fourth-order valence-corrected chi connectivity index (χ4v) is 10.9. The number of aromatic nitrogens is 3. The molecule has 1 aliphatic rings. The van der Waals surface area contributed by atoms with Crippen molar-refractivity contribution in [2.24, 2.45) is 5.41 Å². The fraction of sp³-hybridized carbons (Fsp3) is 0.264. The van der Waals surface area contributed by atoms with Gasteiger partial charge in [-0.05, 0) is 66.8 Å². The zero-order valence-corrected chi connectivity index (χ0v) is 39.6. The van der Waals surface area contributed by atoms with Gasteiger partial charge in [-0.25, -0.2) is 9.37 Å². The van der Waals surface area contributed by atoms with Crippen molar-refractivity contribution in [1.82, 2.24) is 15.0 Å². The third-order valence-electron chi connectivity index (χ3n) is 10.8. The molecular weight excluding hydrogens is 994 g/mol. The van der Waals surface area contributed by atoms with Crippen LogP contribution in [0.3, 0.4) is 0 Å². The Morgan fingerprint density at radius 1 is 0.787 bits per heavy atom. The van der Waals surface area contributed by atoms with E-state index in [1.165, 1.54) is 0 Å². The Balaban J connectivity index is 0.000000185. The molecule has 61 heavy (non-hydrogen) atoms. The minimum absolute atomic E-state index is 0. The van der Waals surface area contributed by atoms with Crippen molar-refractivity contribution in [3.63, 3.8) is 0 Å². The summed E-state index contributed by atoms with van der Waals surface area (Å²) in [5.74, 6) is 5.03. The molecule has 1 fully saturated rings. The first-order chi connectivity index (χ1) is 31.7. The van der Waals surface area contributed by atoms with Gasteiger partial charge in [-0.2, -0.15) is 0 Å². The quantitative estimate of drug-likeness (QED) is 0.123. The van der Waals surface area contributed by atoms with E-state index in [4.69, 9.17) is 23.4 Å². The van der Waals surface area contributed by atoms with Gasteiger partial charge in [-0.3, -0.25) is 0 Å². The second-order valence-corrected chi connectivity index (χ2v) is 28.0. The molecule has 4 aromatic carbocycles. The summed E-state index contributed by atoms with van der Waals surface area (Å²) in [5, 5.41) is 3.58. The maximum absolute atomic E-state index is 14.0. The molecule has 9 aromatic rings. The SMILES string of the molecule is [2H]C([2H])(c1cc(-c2[c-]ccc3c2oc2ccccc23)nc[c]1[Ge]([CH3])([CH3])[CH3])C(C)(C)C.[2H]c1c([2H])c(-c2ccc3c(n2)oc2c(-c4cc(C5([2H])CCCCC5)ccn4)[c-]ccc23)c([2H])c([2H])c1F.[Ir]. The molecule has 311 valence electrons. The minimum Gasteiger partial charge on any atom is -0.486 e. The summed E-state index contributed by atoms with van der Waals surface area (Å²) in [4.78, 5) is 13.8. The number of rotatable bonds is 6. The molecule has 0 bridgehead atoms. The molecule has 0 aliphatic heterocycles. The zero-order chi connectivity index (χ0) is 47.8. The van der Waals surface area contributed by atoms with Crippen LogP contribution in [0, 0.1) is 23.4 Å². The summed E-state index contributed by atoms with van der Waals surface area (Å²) in [6, 6.07) is 28.7. The van der Waals surface area contributed by atoms with Crippen LogP contribution in [0.25, 0.3) is 77.8 Å². The number of hydrogen-bond acceptors (Lipinski definition) is 5. The third kappa shape index (κ3) is 9.02. The van der Waals surface area contributed by atoms with E-state index in [1.807, 2.05) is 81.6 Å². The first kappa shape index (κ1) is 34.6.